The summed E-state index contributed by atoms with van der Waals surface area (Å²) < 4.78 is 37.6. The van der Waals surface area contributed by atoms with Crippen LogP contribution in [0.4, 0.5) is 5.69 Å². The first-order valence-electron chi connectivity index (χ1n) is 9.44. The number of para-hydroxylation sites is 1. The van der Waals surface area contributed by atoms with E-state index in [1.54, 1.807) is 0 Å². The third-order valence-corrected chi connectivity index (χ3v) is 7.09. The van der Waals surface area contributed by atoms with Crippen molar-refractivity contribution in [1.29, 1.82) is 0 Å². The zero-order valence-electron chi connectivity index (χ0n) is 17.6. The Balaban J connectivity index is 0.000000461. The van der Waals surface area contributed by atoms with Crippen LogP contribution in [0.1, 0.15) is 36.9 Å². The molecule has 0 spiro atoms. The summed E-state index contributed by atoms with van der Waals surface area (Å²) in [4.78, 5) is 2.40. The molecule has 160 valence electrons. The van der Waals surface area contributed by atoms with E-state index in [-0.39, 0.29) is 5.41 Å². The molecule has 0 radical (unpaired) electrons. The maximum Gasteiger partial charge on any atom is 0.262 e. The van der Waals surface area contributed by atoms with E-state index in [0.717, 1.165) is 0 Å². The molecule has 1 aromatic heterocycles. The highest BCUT2D eigenvalue weighted by atomic mass is 35.7. The number of rotatable bonds is 2. The fourth-order valence-electron chi connectivity index (χ4n) is 3.83. The minimum absolute atomic E-state index is 0.177. The molecule has 1 atom stereocenters. The summed E-state index contributed by atoms with van der Waals surface area (Å²) in [6.45, 7) is 7.01. The fraction of sp³-hybridized carbons (Fsp3) is 0.318. The van der Waals surface area contributed by atoms with Crippen LogP contribution in [0.15, 0.2) is 42.5 Å². The van der Waals surface area contributed by atoms with Crippen LogP contribution >= 0.6 is 11.3 Å². The molecule has 0 bridgehead atoms. The quantitative estimate of drug-likeness (QED) is 0.523. The first-order valence-corrected chi connectivity index (χ1v) is 11.5. The number of anilines is 1. The van der Waals surface area contributed by atoms with Crippen LogP contribution in [0, 0.1) is 10.2 Å². The molecule has 0 aliphatic carbocycles. The van der Waals surface area contributed by atoms with Crippen LogP contribution in [0.5, 0.6) is 0 Å². The standard InChI is InChI=1S/C22H25N2S.ClHO4/c1-15-22(2,3)17-14-16(10-12-18(17)23(15)4)11-13-21-24(5)19-8-6-7-9-20(19)25-21;2-1(3,4)5/h6-15H,1-5H3;(H,2,3,4,5)/q+1;/p-1. The lowest BCUT2D eigenvalue weighted by Gasteiger charge is -2.28. The Hall–Kier alpha value is -2.00. The average Bonchev–Trinajstić information content (AvgIpc) is 3.07. The van der Waals surface area contributed by atoms with Crippen molar-refractivity contribution in [3.63, 3.8) is 0 Å². The molecule has 1 aliphatic rings. The Morgan fingerprint density at radius 1 is 1.07 bits per heavy atom. The smallest absolute Gasteiger partial charge is 0.262 e. The molecule has 30 heavy (non-hydrogen) atoms. The summed E-state index contributed by atoms with van der Waals surface area (Å²) in [5.74, 6) is 0. The van der Waals surface area contributed by atoms with Crippen LogP contribution in [0.3, 0.4) is 0 Å². The highest BCUT2D eigenvalue weighted by Crippen LogP contribution is 2.44. The first kappa shape index (κ1) is 22.7. The number of aryl methyl sites for hydroxylation is 1. The van der Waals surface area contributed by atoms with Gasteiger partial charge < -0.3 is 4.90 Å². The van der Waals surface area contributed by atoms with Crippen LogP contribution in [-0.4, -0.2) is 13.1 Å². The summed E-state index contributed by atoms with van der Waals surface area (Å²) >= 11 is 1.84. The van der Waals surface area contributed by atoms with Crippen molar-refractivity contribution in [2.24, 2.45) is 7.05 Å². The van der Waals surface area contributed by atoms with Gasteiger partial charge in [-0.1, -0.05) is 43.4 Å². The summed E-state index contributed by atoms with van der Waals surface area (Å²) in [7, 11) is -0.605. The van der Waals surface area contributed by atoms with Gasteiger partial charge in [0.15, 0.2) is 0 Å². The third kappa shape index (κ3) is 4.67. The van der Waals surface area contributed by atoms with Crippen molar-refractivity contribution in [3.05, 3.63) is 58.6 Å². The molecule has 1 unspecified atom stereocenters. The van der Waals surface area contributed by atoms with E-state index in [4.69, 9.17) is 18.6 Å². The largest absolute Gasteiger partial charge is 0.371 e. The molecule has 2 heterocycles. The molecule has 0 amide bonds. The van der Waals surface area contributed by atoms with Crippen molar-refractivity contribution in [2.75, 3.05) is 11.9 Å². The highest BCUT2D eigenvalue weighted by Gasteiger charge is 2.39. The van der Waals surface area contributed by atoms with E-state index in [0.29, 0.717) is 6.04 Å². The molecule has 0 saturated carbocycles. The number of hydrogen-bond donors (Lipinski definition) is 0. The summed E-state index contributed by atoms with van der Waals surface area (Å²) in [5.41, 5.74) is 5.55. The molecule has 4 rings (SSSR count). The molecule has 0 saturated heterocycles. The highest BCUT2D eigenvalue weighted by molar-refractivity contribution is 7.18. The number of benzene rings is 2. The number of thiazole rings is 1. The monoisotopic (exact) mass is 448 g/mol. The van der Waals surface area contributed by atoms with E-state index in [1.807, 2.05) is 11.3 Å². The maximum absolute atomic E-state index is 8.49. The summed E-state index contributed by atoms with van der Waals surface area (Å²) in [6.07, 6.45) is 4.48. The Kier molecular flexibility index (Phi) is 6.25. The third-order valence-electron chi connectivity index (χ3n) is 5.91. The lowest BCUT2D eigenvalue weighted by molar-refractivity contribution is -2.00. The first-order chi connectivity index (χ1) is 13.9. The molecule has 2 aromatic carbocycles. The van der Waals surface area contributed by atoms with Crippen molar-refractivity contribution in [2.45, 2.75) is 32.2 Å². The molecule has 6 nitrogen and oxygen atoms in total. The number of hydrogen-bond acceptors (Lipinski definition) is 6. The zero-order valence-corrected chi connectivity index (χ0v) is 19.2. The molecule has 1 aliphatic heterocycles. The minimum Gasteiger partial charge on any atom is -0.371 e. The molecular formula is C22H25ClN2O4S. The summed E-state index contributed by atoms with van der Waals surface area (Å²) in [6, 6.07) is 15.9. The predicted molar refractivity (Wildman–Crippen MR) is 109 cm³/mol. The average molecular weight is 449 g/mol. The topological polar surface area (TPSA) is 99.4 Å². The Labute approximate surface area is 182 Å². The zero-order chi connectivity index (χ0) is 22.3. The Morgan fingerprint density at radius 3 is 2.33 bits per heavy atom. The summed E-state index contributed by atoms with van der Waals surface area (Å²) in [5, 5.41) is 1.27. The van der Waals surface area contributed by atoms with Gasteiger partial charge in [-0.05, 0) is 42.3 Å². The number of nitrogens with zero attached hydrogens (tertiary/aromatic N) is 2. The predicted octanol–water partition coefficient (Wildman–Crippen LogP) is 0.256. The van der Waals surface area contributed by atoms with Gasteiger partial charge in [0.05, 0.1) is 0 Å². The van der Waals surface area contributed by atoms with E-state index >= 15 is 0 Å². The van der Waals surface area contributed by atoms with E-state index < -0.39 is 10.2 Å². The molecule has 8 heteroatoms. The number of fused-ring (bicyclic) bond motifs is 2. The van der Waals surface area contributed by atoms with Gasteiger partial charge in [-0.25, -0.2) is 18.6 Å². The maximum atomic E-state index is 8.49. The van der Waals surface area contributed by atoms with Gasteiger partial charge in [0, 0.05) is 36.3 Å². The second kappa shape index (κ2) is 8.26. The van der Waals surface area contributed by atoms with Gasteiger partial charge in [-0.15, -0.1) is 10.2 Å². The van der Waals surface area contributed by atoms with Crippen LogP contribution < -0.4 is 28.1 Å². The normalized spacial score (nSPS) is 17.9. The van der Waals surface area contributed by atoms with Crippen molar-refractivity contribution < 1.29 is 33.4 Å². The van der Waals surface area contributed by atoms with Gasteiger partial charge >= 0.3 is 0 Å². The van der Waals surface area contributed by atoms with Crippen LogP contribution in [-0.2, 0) is 12.5 Å². The second-order valence-electron chi connectivity index (χ2n) is 7.96. The van der Waals surface area contributed by atoms with E-state index in [9.17, 15) is 0 Å². The van der Waals surface area contributed by atoms with Crippen molar-refractivity contribution in [1.82, 2.24) is 0 Å². The van der Waals surface area contributed by atoms with Gasteiger partial charge in [-0.3, -0.25) is 0 Å². The Bertz CT molecular complexity index is 1080. The molecule has 0 fully saturated rings. The number of halogens is 1. The molecule has 0 N–H and O–H groups in total. The van der Waals surface area contributed by atoms with Gasteiger partial charge in [0.25, 0.3) is 5.01 Å². The minimum atomic E-state index is -4.94. The number of likely N-dealkylation sites (N-methyl/N-ethyl adjacent to an activating group) is 1. The van der Waals surface area contributed by atoms with Gasteiger partial charge in [-0.2, -0.15) is 4.57 Å². The molecule has 3 aromatic rings. The van der Waals surface area contributed by atoms with Crippen LogP contribution in [0.25, 0.3) is 22.4 Å². The second-order valence-corrected chi connectivity index (χ2v) is 9.78. The molecular weight excluding hydrogens is 424 g/mol. The van der Waals surface area contributed by atoms with Crippen molar-refractivity contribution >= 4 is 39.4 Å². The number of aromatic nitrogens is 1. The lowest BCUT2D eigenvalue weighted by Crippen LogP contribution is -2.68. The van der Waals surface area contributed by atoms with Crippen LogP contribution in [0.2, 0.25) is 0 Å². The SMILES string of the molecule is CC1N(C)c2ccc(C=Cc3sc4ccccc4[n+]3C)cc2C1(C)C.[O-][Cl+3]([O-])([O-])[O-]. The Morgan fingerprint density at radius 2 is 1.70 bits per heavy atom. The van der Waals surface area contributed by atoms with Gasteiger partial charge in [0.2, 0.25) is 5.52 Å². The van der Waals surface area contributed by atoms with E-state index in [2.05, 4.69) is 99.0 Å². The van der Waals surface area contributed by atoms with Crippen molar-refractivity contribution in [3.8, 4) is 0 Å². The lowest BCUT2D eigenvalue weighted by atomic mass is 9.81. The fourth-order valence-corrected chi connectivity index (χ4v) is 4.89. The van der Waals surface area contributed by atoms with Gasteiger partial charge in [0.1, 0.15) is 11.7 Å². The van der Waals surface area contributed by atoms with E-state index in [1.165, 1.54) is 32.0 Å².